The number of carbonyl (C=O) groups is 3. The normalized spacial score (nSPS) is 19.1. The van der Waals surface area contributed by atoms with E-state index in [1.807, 2.05) is 50.2 Å². The Hall–Kier alpha value is -3.39. The molecular weight excluding hydrogens is 448 g/mol. The Morgan fingerprint density at radius 3 is 2.34 bits per heavy atom. The molecule has 2 N–H and O–H groups in total. The van der Waals surface area contributed by atoms with Gasteiger partial charge >= 0.3 is 12.1 Å². The zero-order valence-electron chi connectivity index (χ0n) is 20.1. The number of carboxylic acids is 1. The molecule has 0 radical (unpaired) electrons. The number of alkyl carbamates (subject to hydrolysis) is 1. The van der Waals surface area contributed by atoms with Crippen molar-refractivity contribution in [1.29, 1.82) is 0 Å². The maximum absolute atomic E-state index is 13.3. The molecule has 0 aromatic heterocycles. The first kappa shape index (κ1) is 24.7. The van der Waals surface area contributed by atoms with Crippen molar-refractivity contribution in [3.05, 3.63) is 59.7 Å². The number of carbonyl (C=O) groups excluding carboxylic acids is 2. The van der Waals surface area contributed by atoms with E-state index in [-0.39, 0.29) is 50.7 Å². The molecule has 4 rings (SSSR count). The molecule has 2 aromatic rings. The number of ether oxygens (including phenoxy) is 2. The van der Waals surface area contributed by atoms with Gasteiger partial charge in [0.15, 0.2) is 0 Å². The molecule has 0 bridgehead atoms. The van der Waals surface area contributed by atoms with Crippen molar-refractivity contribution in [2.24, 2.45) is 11.8 Å². The fourth-order valence-electron chi connectivity index (χ4n) is 4.81. The SMILES string of the molecule is CCC(C)[C@H](NC(=O)OCC1c2ccccc2-c2ccccc21)C(=O)N1CCOCC(C(=O)O)C1. The fourth-order valence-corrected chi connectivity index (χ4v) is 4.81. The molecule has 8 nitrogen and oxygen atoms in total. The van der Waals surface area contributed by atoms with Crippen LogP contribution in [0.1, 0.15) is 37.3 Å². The monoisotopic (exact) mass is 480 g/mol. The number of hydrogen-bond acceptors (Lipinski definition) is 5. The Kier molecular flexibility index (Phi) is 7.70. The number of rotatable bonds is 7. The molecule has 1 aliphatic heterocycles. The highest BCUT2D eigenvalue weighted by atomic mass is 16.5. The van der Waals surface area contributed by atoms with Gasteiger partial charge in [-0.3, -0.25) is 9.59 Å². The number of amides is 2. The molecule has 35 heavy (non-hydrogen) atoms. The fraction of sp³-hybridized carbons (Fsp3) is 0.444. The van der Waals surface area contributed by atoms with Gasteiger partial charge < -0.3 is 24.8 Å². The third-order valence-electron chi connectivity index (χ3n) is 7.02. The highest BCUT2D eigenvalue weighted by Crippen LogP contribution is 2.44. The van der Waals surface area contributed by atoms with Crippen molar-refractivity contribution < 1.29 is 29.0 Å². The number of aliphatic carboxylic acids is 1. The van der Waals surface area contributed by atoms with Crippen LogP contribution in [0.5, 0.6) is 0 Å². The standard InChI is InChI=1S/C27H32N2O6/c1-3-17(2)24(25(30)29-12-13-34-15-18(14-29)26(31)32)28-27(33)35-16-23-21-10-6-4-8-19(21)20-9-5-7-11-22(20)23/h4-11,17-18,23-24H,3,12-16H2,1-2H3,(H,28,33)(H,31,32)/t17?,18?,24-/m0/s1. The molecule has 2 unspecified atom stereocenters. The van der Waals surface area contributed by atoms with Crippen LogP contribution in [0.3, 0.4) is 0 Å². The summed E-state index contributed by atoms with van der Waals surface area (Å²) in [4.78, 5) is 39.2. The van der Waals surface area contributed by atoms with Crippen molar-refractivity contribution in [2.45, 2.75) is 32.2 Å². The van der Waals surface area contributed by atoms with Gasteiger partial charge in [0.25, 0.3) is 0 Å². The van der Waals surface area contributed by atoms with Crippen LogP contribution in [0.15, 0.2) is 48.5 Å². The summed E-state index contributed by atoms with van der Waals surface area (Å²) < 4.78 is 11.0. The Morgan fingerprint density at radius 1 is 1.11 bits per heavy atom. The second kappa shape index (κ2) is 10.9. The molecule has 3 atom stereocenters. The number of carboxylic acid groups (broad SMARTS) is 1. The summed E-state index contributed by atoms with van der Waals surface area (Å²) in [6, 6.07) is 15.4. The van der Waals surface area contributed by atoms with Gasteiger partial charge in [0.05, 0.1) is 19.1 Å². The lowest BCUT2D eigenvalue weighted by Crippen LogP contribution is -2.53. The minimum absolute atomic E-state index is 0.0491. The predicted molar refractivity (Wildman–Crippen MR) is 130 cm³/mol. The van der Waals surface area contributed by atoms with Gasteiger partial charge in [-0.05, 0) is 28.2 Å². The van der Waals surface area contributed by atoms with Crippen LogP contribution in [-0.4, -0.2) is 66.9 Å². The summed E-state index contributed by atoms with van der Waals surface area (Å²) in [5.74, 6) is -2.35. The maximum Gasteiger partial charge on any atom is 0.407 e. The van der Waals surface area contributed by atoms with E-state index >= 15 is 0 Å². The zero-order valence-corrected chi connectivity index (χ0v) is 20.1. The number of nitrogens with zero attached hydrogens (tertiary/aromatic N) is 1. The lowest BCUT2D eigenvalue weighted by molar-refractivity contribution is -0.144. The number of hydrogen-bond donors (Lipinski definition) is 2. The van der Waals surface area contributed by atoms with E-state index in [9.17, 15) is 19.5 Å². The molecular formula is C27H32N2O6. The van der Waals surface area contributed by atoms with E-state index in [2.05, 4.69) is 17.4 Å². The Bertz CT molecular complexity index is 1040. The minimum atomic E-state index is -1.01. The molecule has 186 valence electrons. The summed E-state index contributed by atoms with van der Waals surface area (Å²) in [5, 5.41) is 12.2. The largest absolute Gasteiger partial charge is 0.481 e. The summed E-state index contributed by atoms with van der Waals surface area (Å²) in [7, 11) is 0. The first-order chi connectivity index (χ1) is 16.9. The number of benzene rings is 2. The van der Waals surface area contributed by atoms with Crippen LogP contribution in [0.25, 0.3) is 11.1 Å². The second-order valence-electron chi connectivity index (χ2n) is 9.23. The summed E-state index contributed by atoms with van der Waals surface area (Å²) in [5.41, 5.74) is 4.50. The first-order valence-electron chi connectivity index (χ1n) is 12.1. The molecule has 1 fully saturated rings. The molecule has 1 aliphatic carbocycles. The number of fused-ring (bicyclic) bond motifs is 3. The van der Waals surface area contributed by atoms with Gasteiger partial charge in [-0.1, -0.05) is 68.8 Å². The molecule has 2 aliphatic rings. The topological polar surface area (TPSA) is 105 Å². The van der Waals surface area contributed by atoms with Crippen molar-refractivity contribution in [1.82, 2.24) is 10.2 Å². The van der Waals surface area contributed by atoms with E-state index in [0.29, 0.717) is 6.42 Å². The maximum atomic E-state index is 13.3. The number of nitrogens with one attached hydrogen (secondary N) is 1. The Labute approximate surface area is 205 Å². The smallest absolute Gasteiger partial charge is 0.407 e. The van der Waals surface area contributed by atoms with E-state index in [0.717, 1.165) is 22.3 Å². The molecule has 2 aromatic carbocycles. The van der Waals surface area contributed by atoms with Crippen molar-refractivity contribution in [3.8, 4) is 11.1 Å². The van der Waals surface area contributed by atoms with Crippen LogP contribution in [-0.2, 0) is 19.1 Å². The molecule has 1 heterocycles. The average Bonchev–Trinajstić information content (AvgIpc) is 3.00. The van der Waals surface area contributed by atoms with Gasteiger partial charge in [0.1, 0.15) is 12.6 Å². The highest BCUT2D eigenvalue weighted by molar-refractivity contribution is 5.86. The molecule has 2 amide bonds. The Morgan fingerprint density at radius 2 is 1.74 bits per heavy atom. The van der Waals surface area contributed by atoms with Crippen molar-refractivity contribution in [2.75, 3.05) is 32.9 Å². The highest BCUT2D eigenvalue weighted by Gasteiger charge is 2.35. The Balaban J connectivity index is 1.44. The van der Waals surface area contributed by atoms with E-state index in [4.69, 9.17) is 9.47 Å². The summed E-state index contributed by atoms with van der Waals surface area (Å²) in [6.07, 6.45) is -0.00128. The minimum Gasteiger partial charge on any atom is -0.481 e. The van der Waals surface area contributed by atoms with E-state index < -0.39 is 24.0 Å². The zero-order chi connectivity index (χ0) is 24.9. The average molecular weight is 481 g/mol. The van der Waals surface area contributed by atoms with Crippen LogP contribution < -0.4 is 5.32 Å². The van der Waals surface area contributed by atoms with Gasteiger partial charge in [-0.25, -0.2) is 4.79 Å². The predicted octanol–water partition coefficient (Wildman–Crippen LogP) is 3.50. The van der Waals surface area contributed by atoms with Crippen LogP contribution in [0.2, 0.25) is 0 Å². The lowest BCUT2D eigenvalue weighted by Gasteiger charge is -2.30. The first-order valence-corrected chi connectivity index (χ1v) is 12.1. The molecule has 0 saturated carbocycles. The van der Waals surface area contributed by atoms with Crippen LogP contribution in [0, 0.1) is 11.8 Å². The van der Waals surface area contributed by atoms with Crippen LogP contribution >= 0.6 is 0 Å². The van der Waals surface area contributed by atoms with Gasteiger partial charge in [-0.2, -0.15) is 0 Å². The molecule has 8 heteroatoms. The van der Waals surface area contributed by atoms with Gasteiger partial charge in [0, 0.05) is 19.0 Å². The quantitative estimate of drug-likeness (QED) is 0.629. The molecule has 1 saturated heterocycles. The van der Waals surface area contributed by atoms with Crippen molar-refractivity contribution >= 4 is 18.0 Å². The van der Waals surface area contributed by atoms with Gasteiger partial charge in [0.2, 0.25) is 5.91 Å². The summed E-state index contributed by atoms with van der Waals surface area (Å²) >= 11 is 0. The lowest BCUT2D eigenvalue weighted by atomic mass is 9.97. The second-order valence-corrected chi connectivity index (χ2v) is 9.23. The van der Waals surface area contributed by atoms with Crippen LogP contribution in [0.4, 0.5) is 4.79 Å². The van der Waals surface area contributed by atoms with E-state index in [1.165, 1.54) is 4.90 Å². The third kappa shape index (κ3) is 5.32. The third-order valence-corrected chi connectivity index (χ3v) is 7.02. The van der Waals surface area contributed by atoms with E-state index in [1.54, 1.807) is 0 Å². The summed E-state index contributed by atoms with van der Waals surface area (Å²) in [6.45, 7) is 4.63. The van der Waals surface area contributed by atoms with Gasteiger partial charge in [-0.15, -0.1) is 0 Å². The molecule has 0 spiro atoms. The van der Waals surface area contributed by atoms with Crippen molar-refractivity contribution in [3.63, 3.8) is 0 Å².